The molecule has 68 valence electrons. The van der Waals surface area contributed by atoms with E-state index in [0.29, 0.717) is 0 Å². The predicted molar refractivity (Wildman–Crippen MR) is 26.4 cm³/mol. The monoisotopic (exact) mass is 180 g/mol. The van der Waals surface area contributed by atoms with E-state index in [-0.39, 0.29) is 0 Å². The van der Waals surface area contributed by atoms with E-state index in [1.54, 1.807) is 0 Å². The molecular formula is C5H6F6. The molecule has 0 aromatic heterocycles. The maximum atomic E-state index is 11.8. The summed E-state index contributed by atoms with van der Waals surface area (Å²) >= 11 is 0. The number of hydrogen-bond donors (Lipinski definition) is 0. The zero-order valence-electron chi connectivity index (χ0n) is 5.34. The number of hydrogen-bond acceptors (Lipinski definition) is 0. The van der Waals surface area contributed by atoms with Crippen LogP contribution < -0.4 is 0 Å². The first-order chi connectivity index (χ1) is 4.90. The molecule has 0 N–H and O–H groups in total. The Labute approximate surface area is 59.2 Å². The Morgan fingerprint density at radius 1 is 1.09 bits per heavy atom. The molecule has 0 saturated carbocycles. The van der Waals surface area contributed by atoms with Gasteiger partial charge in [-0.15, -0.1) is 0 Å². The molecule has 1 unspecified atom stereocenters. The largest absolute Gasteiger partial charge is 0.310 e. The molecule has 0 aliphatic rings. The average Bonchev–Trinajstić information content (AvgIpc) is 1.86. The summed E-state index contributed by atoms with van der Waals surface area (Å²) in [4.78, 5) is 0. The minimum atomic E-state index is -4.43. The molecule has 0 aromatic rings. The van der Waals surface area contributed by atoms with Gasteiger partial charge in [-0.3, -0.25) is 0 Å². The van der Waals surface area contributed by atoms with Crippen molar-refractivity contribution in [3.8, 4) is 0 Å². The normalized spacial score (nSPS) is 15.5. The maximum Gasteiger partial charge on any atom is 0.310 e. The van der Waals surface area contributed by atoms with Crippen LogP contribution in [0.15, 0.2) is 0 Å². The fourth-order valence-corrected chi connectivity index (χ4v) is 0.439. The Morgan fingerprint density at radius 3 is 1.82 bits per heavy atom. The molecule has 0 aliphatic heterocycles. The van der Waals surface area contributed by atoms with Gasteiger partial charge in [0.15, 0.2) is 0 Å². The van der Waals surface area contributed by atoms with Crippen molar-refractivity contribution in [2.24, 2.45) is 0 Å². The summed E-state index contributed by atoms with van der Waals surface area (Å²) in [7, 11) is 0. The quantitative estimate of drug-likeness (QED) is 0.583. The molecule has 11 heavy (non-hydrogen) atoms. The summed E-state index contributed by atoms with van der Waals surface area (Å²) in [5.74, 6) is -4.43. The Bertz CT molecular complexity index is 112. The Hall–Kier alpha value is -0.420. The van der Waals surface area contributed by atoms with Gasteiger partial charge in [0, 0.05) is 0 Å². The molecule has 6 heteroatoms. The van der Waals surface area contributed by atoms with Crippen molar-refractivity contribution in [3.05, 3.63) is 0 Å². The van der Waals surface area contributed by atoms with Crippen molar-refractivity contribution >= 4 is 0 Å². The zero-order valence-corrected chi connectivity index (χ0v) is 5.34. The molecule has 0 rings (SSSR count). The van der Waals surface area contributed by atoms with Crippen molar-refractivity contribution in [2.75, 3.05) is 6.67 Å². The van der Waals surface area contributed by atoms with Crippen molar-refractivity contribution in [2.45, 2.75) is 24.9 Å². The van der Waals surface area contributed by atoms with E-state index in [9.17, 15) is 26.3 Å². The molecule has 0 fully saturated rings. The van der Waals surface area contributed by atoms with Gasteiger partial charge in [0.1, 0.15) is 12.8 Å². The highest BCUT2D eigenvalue weighted by Gasteiger charge is 2.42. The molecule has 0 nitrogen and oxygen atoms in total. The smallest absolute Gasteiger partial charge is 0.248 e. The second-order valence-electron chi connectivity index (χ2n) is 2.02. The van der Waals surface area contributed by atoms with Crippen LogP contribution in [0, 0.1) is 0 Å². The summed E-state index contributed by atoms with van der Waals surface area (Å²) in [6.45, 7) is -1.66. The van der Waals surface area contributed by atoms with Crippen molar-refractivity contribution in [1.29, 1.82) is 0 Å². The Balaban J connectivity index is 3.90. The molecule has 0 spiro atoms. The highest BCUT2D eigenvalue weighted by atomic mass is 19.3. The first-order valence-corrected chi connectivity index (χ1v) is 2.76. The molecule has 0 heterocycles. The summed E-state index contributed by atoms with van der Waals surface area (Å²) < 4.78 is 69.2. The van der Waals surface area contributed by atoms with Crippen LogP contribution >= 0.6 is 0 Å². The van der Waals surface area contributed by atoms with Crippen molar-refractivity contribution in [1.82, 2.24) is 0 Å². The highest BCUT2D eigenvalue weighted by Crippen LogP contribution is 2.28. The van der Waals surface area contributed by atoms with E-state index in [0.717, 1.165) is 0 Å². The summed E-state index contributed by atoms with van der Waals surface area (Å²) in [5.41, 5.74) is 0. The lowest BCUT2D eigenvalue weighted by molar-refractivity contribution is -0.143. The third-order valence-corrected chi connectivity index (χ3v) is 0.980. The van der Waals surface area contributed by atoms with Crippen LogP contribution in [0.4, 0.5) is 26.3 Å². The summed E-state index contributed by atoms with van der Waals surface area (Å²) in [6, 6.07) is 0. The fourth-order valence-electron chi connectivity index (χ4n) is 0.439. The third kappa shape index (κ3) is 3.48. The van der Waals surface area contributed by atoms with E-state index in [2.05, 4.69) is 0 Å². The van der Waals surface area contributed by atoms with Crippen molar-refractivity contribution < 1.29 is 26.3 Å². The second kappa shape index (κ2) is 3.82. The molecule has 0 radical (unpaired) electrons. The molecule has 0 aliphatic carbocycles. The van der Waals surface area contributed by atoms with Crippen LogP contribution in [0.5, 0.6) is 0 Å². The van der Waals surface area contributed by atoms with E-state index in [4.69, 9.17) is 0 Å². The van der Waals surface area contributed by atoms with Crippen LogP contribution in [0.3, 0.4) is 0 Å². The SMILES string of the molecule is FCC(F)CC(F)(F)C(F)F. The zero-order chi connectivity index (χ0) is 9.07. The molecular weight excluding hydrogens is 174 g/mol. The average molecular weight is 180 g/mol. The topological polar surface area (TPSA) is 0 Å². The van der Waals surface area contributed by atoms with Gasteiger partial charge in [-0.25, -0.2) is 26.3 Å². The molecule has 0 amide bonds. The first-order valence-electron chi connectivity index (χ1n) is 2.76. The van der Waals surface area contributed by atoms with E-state index in [1.807, 2.05) is 0 Å². The molecule has 1 atom stereocenters. The third-order valence-electron chi connectivity index (χ3n) is 0.980. The number of alkyl halides is 6. The summed E-state index contributed by atoms with van der Waals surface area (Å²) in [6.07, 6.45) is -8.22. The van der Waals surface area contributed by atoms with Gasteiger partial charge in [0.25, 0.3) is 0 Å². The van der Waals surface area contributed by atoms with Gasteiger partial charge in [-0.05, 0) is 0 Å². The molecule has 0 bridgehead atoms. The van der Waals surface area contributed by atoms with Gasteiger partial charge in [-0.1, -0.05) is 0 Å². The number of halogens is 6. The van der Waals surface area contributed by atoms with Crippen LogP contribution in [0.1, 0.15) is 6.42 Å². The maximum absolute atomic E-state index is 11.8. The van der Waals surface area contributed by atoms with Crippen LogP contribution in [0.2, 0.25) is 0 Å². The van der Waals surface area contributed by atoms with Gasteiger partial charge in [0.05, 0.1) is 6.42 Å². The number of rotatable bonds is 4. The van der Waals surface area contributed by atoms with Crippen LogP contribution in [-0.2, 0) is 0 Å². The lowest BCUT2D eigenvalue weighted by atomic mass is 10.2. The van der Waals surface area contributed by atoms with Gasteiger partial charge >= 0.3 is 12.3 Å². The van der Waals surface area contributed by atoms with E-state index >= 15 is 0 Å². The standard InChI is InChI=1S/C5H6F6/c6-2-3(7)1-5(10,11)4(8)9/h3-4H,1-2H2. The Kier molecular flexibility index (Phi) is 3.68. The second-order valence-corrected chi connectivity index (χ2v) is 2.02. The summed E-state index contributed by atoms with van der Waals surface area (Å²) in [5, 5.41) is 0. The van der Waals surface area contributed by atoms with Crippen molar-refractivity contribution in [3.63, 3.8) is 0 Å². The van der Waals surface area contributed by atoms with Gasteiger partial charge in [-0.2, -0.15) is 0 Å². The lowest BCUT2D eigenvalue weighted by Gasteiger charge is -2.15. The van der Waals surface area contributed by atoms with Gasteiger partial charge < -0.3 is 0 Å². The minimum Gasteiger partial charge on any atom is -0.248 e. The molecule has 0 saturated heterocycles. The molecule has 0 aromatic carbocycles. The Morgan fingerprint density at radius 2 is 1.55 bits per heavy atom. The van der Waals surface area contributed by atoms with Crippen LogP contribution in [-0.4, -0.2) is 25.2 Å². The minimum absolute atomic E-state index is 1.66. The predicted octanol–water partition coefficient (Wildman–Crippen LogP) is 2.58. The van der Waals surface area contributed by atoms with Gasteiger partial charge in [0.2, 0.25) is 0 Å². The first kappa shape index (κ1) is 10.6. The van der Waals surface area contributed by atoms with Crippen LogP contribution in [0.25, 0.3) is 0 Å². The van der Waals surface area contributed by atoms with E-state index < -0.39 is 31.6 Å². The lowest BCUT2D eigenvalue weighted by Crippen LogP contribution is -2.30. The van der Waals surface area contributed by atoms with E-state index in [1.165, 1.54) is 0 Å². The fraction of sp³-hybridized carbons (Fsp3) is 1.00. The highest BCUT2D eigenvalue weighted by molar-refractivity contribution is 4.73.